The highest BCUT2D eigenvalue weighted by atomic mass is 16.7. The van der Waals surface area contributed by atoms with Gasteiger partial charge in [-0.2, -0.15) is 0 Å². The molecule has 6 nitrogen and oxygen atoms in total. The van der Waals surface area contributed by atoms with Gasteiger partial charge >= 0.3 is 0 Å². The maximum absolute atomic E-state index is 5.88. The molecule has 0 unspecified atom stereocenters. The number of aryl methyl sites for hydroxylation is 1. The van der Waals surface area contributed by atoms with Gasteiger partial charge in [0.25, 0.3) is 0 Å². The van der Waals surface area contributed by atoms with E-state index >= 15 is 0 Å². The molecule has 3 rings (SSSR count). The Morgan fingerprint density at radius 3 is 2.77 bits per heavy atom. The molecule has 1 aromatic heterocycles. The summed E-state index contributed by atoms with van der Waals surface area (Å²) in [6, 6.07) is 3.85. The average molecular weight is 306 g/mol. The molecule has 0 atom stereocenters. The first kappa shape index (κ1) is 15.3. The van der Waals surface area contributed by atoms with Crippen LogP contribution in [0.15, 0.2) is 16.5 Å². The largest absolute Gasteiger partial charge is 0.487 e. The first-order valence-corrected chi connectivity index (χ1v) is 7.70. The molecular formula is C16H22N2O4. The van der Waals surface area contributed by atoms with Gasteiger partial charge in [0, 0.05) is 12.0 Å². The lowest BCUT2D eigenvalue weighted by Gasteiger charge is -2.14. The zero-order valence-corrected chi connectivity index (χ0v) is 13.0. The summed E-state index contributed by atoms with van der Waals surface area (Å²) in [6.07, 6.45) is 1.25. The van der Waals surface area contributed by atoms with Gasteiger partial charge in [0.05, 0.1) is 19.3 Å². The van der Waals surface area contributed by atoms with Crippen molar-refractivity contribution in [2.24, 2.45) is 5.73 Å². The Morgan fingerprint density at radius 2 is 2.09 bits per heavy atom. The van der Waals surface area contributed by atoms with Gasteiger partial charge in [-0.1, -0.05) is 0 Å². The fourth-order valence-corrected chi connectivity index (χ4v) is 2.46. The van der Waals surface area contributed by atoms with Crippen molar-refractivity contribution in [3.8, 4) is 5.75 Å². The van der Waals surface area contributed by atoms with Gasteiger partial charge in [0.15, 0.2) is 23.5 Å². The minimum atomic E-state index is -0.358. The Kier molecular flexibility index (Phi) is 4.61. The van der Waals surface area contributed by atoms with Gasteiger partial charge < -0.3 is 24.4 Å². The Balaban J connectivity index is 1.99. The Morgan fingerprint density at radius 1 is 1.32 bits per heavy atom. The van der Waals surface area contributed by atoms with Crippen molar-refractivity contribution in [1.29, 1.82) is 0 Å². The van der Waals surface area contributed by atoms with Crippen LogP contribution < -0.4 is 10.5 Å². The highest BCUT2D eigenvalue weighted by Gasteiger charge is 2.22. The molecule has 2 N–H and O–H groups in total. The summed E-state index contributed by atoms with van der Waals surface area (Å²) in [5.41, 5.74) is 7.88. The van der Waals surface area contributed by atoms with Crippen LogP contribution in [0.2, 0.25) is 0 Å². The fourth-order valence-electron chi connectivity index (χ4n) is 2.46. The van der Waals surface area contributed by atoms with Crippen molar-refractivity contribution in [3.05, 3.63) is 23.6 Å². The maximum atomic E-state index is 5.88. The van der Waals surface area contributed by atoms with E-state index < -0.39 is 0 Å². The maximum Gasteiger partial charge on any atom is 0.196 e. The molecule has 0 radical (unpaired) electrons. The van der Waals surface area contributed by atoms with Crippen LogP contribution in [0.1, 0.15) is 38.0 Å². The third-order valence-corrected chi connectivity index (χ3v) is 3.37. The molecule has 1 aliphatic heterocycles. The lowest BCUT2D eigenvalue weighted by molar-refractivity contribution is -0.0441. The molecule has 0 spiro atoms. The standard InChI is InChI=1S/C16H22N2O4/c1-10(2)21-13-9-11(16-19-6-7-20-16)8-12-15(13)22-14(18-12)4-3-5-17/h8-10,16H,3-7,17H2,1-2H3. The van der Waals surface area contributed by atoms with Crippen LogP contribution in [-0.2, 0) is 15.9 Å². The van der Waals surface area contributed by atoms with E-state index in [1.165, 1.54) is 0 Å². The monoisotopic (exact) mass is 306 g/mol. The Labute approximate surface area is 129 Å². The number of aromatic nitrogens is 1. The average Bonchev–Trinajstić information content (AvgIpc) is 3.13. The third-order valence-electron chi connectivity index (χ3n) is 3.37. The third kappa shape index (κ3) is 3.24. The molecule has 2 aromatic rings. The Hall–Kier alpha value is -1.63. The number of nitrogens with zero attached hydrogens (tertiary/aromatic N) is 1. The van der Waals surface area contributed by atoms with E-state index in [2.05, 4.69) is 4.98 Å². The summed E-state index contributed by atoms with van der Waals surface area (Å²) >= 11 is 0. The van der Waals surface area contributed by atoms with Crippen molar-refractivity contribution in [1.82, 2.24) is 4.98 Å². The number of benzene rings is 1. The van der Waals surface area contributed by atoms with E-state index in [1.54, 1.807) is 0 Å². The molecular weight excluding hydrogens is 284 g/mol. The molecule has 1 fully saturated rings. The number of hydrogen-bond acceptors (Lipinski definition) is 6. The highest BCUT2D eigenvalue weighted by molar-refractivity contribution is 5.80. The fraction of sp³-hybridized carbons (Fsp3) is 0.562. The molecule has 120 valence electrons. The van der Waals surface area contributed by atoms with Crippen LogP contribution >= 0.6 is 0 Å². The number of ether oxygens (including phenoxy) is 3. The highest BCUT2D eigenvalue weighted by Crippen LogP contribution is 2.34. The number of hydrogen-bond donors (Lipinski definition) is 1. The molecule has 0 aliphatic carbocycles. The quantitative estimate of drug-likeness (QED) is 0.883. The van der Waals surface area contributed by atoms with E-state index in [0.717, 1.165) is 23.9 Å². The second kappa shape index (κ2) is 6.64. The molecule has 1 aliphatic rings. The van der Waals surface area contributed by atoms with E-state index in [0.29, 0.717) is 37.0 Å². The van der Waals surface area contributed by atoms with E-state index in [9.17, 15) is 0 Å². The predicted octanol–water partition coefficient (Wildman–Crippen LogP) is 2.55. The summed E-state index contributed by atoms with van der Waals surface area (Å²) in [5.74, 6) is 1.35. The molecule has 2 heterocycles. The molecule has 0 amide bonds. The number of fused-ring (bicyclic) bond motifs is 1. The second-order valence-corrected chi connectivity index (χ2v) is 5.61. The normalized spacial score (nSPS) is 16.0. The van der Waals surface area contributed by atoms with Gasteiger partial charge in [0.2, 0.25) is 0 Å². The van der Waals surface area contributed by atoms with Gasteiger partial charge in [-0.25, -0.2) is 4.98 Å². The first-order chi connectivity index (χ1) is 10.7. The molecule has 1 aromatic carbocycles. The number of oxazole rings is 1. The van der Waals surface area contributed by atoms with E-state index in [1.807, 2.05) is 26.0 Å². The van der Waals surface area contributed by atoms with Crippen LogP contribution in [0, 0.1) is 0 Å². The van der Waals surface area contributed by atoms with Crippen molar-refractivity contribution in [3.63, 3.8) is 0 Å². The van der Waals surface area contributed by atoms with Gasteiger partial charge in [0.1, 0.15) is 5.52 Å². The molecule has 0 bridgehead atoms. The van der Waals surface area contributed by atoms with Crippen LogP contribution in [0.3, 0.4) is 0 Å². The van der Waals surface area contributed by atoms with Crippen molar-refractivity contribution >= 4 is 11.1 Å². The van der Waals surface area contributed by atoms with Crippen molar-refractivity contribution in [2.45, 2.75) is 39.1 Å². The summed E-state index contributed by atoms with van der Waals surface area (Å²) < 4.78 is 22.9. The smallest absolute Gasteiger partial charge is 0.196 e. The first-order valence-electron chi connectivity index (χ1n) is 7.70. The summed E-state index contributed by atoms with van der Waals surface area (Å²) in [7, 11) is 0. The minimum Gasteiger partial charge on any atom is -0.487 e. The van der Waals surface area contributed by atoms with Crippen molar-refractivity contribution < 1.29 is 18.6 Å². The zero-order valence-electron chi connectivity index (χ0n) is 13.0. The van der Waals surface area contributed by atoms with E-state index in [4.69, 9.17) is 24.4 Å². The van der Waals surface area contributed by atoms with Crippen molar-refractivity contribution in [2.75, 3.05) is 19.8 Å². The summed E-state index contributed by atoms with van der Waals surface area (Å²) in [6.45, 7) is 5.77. The topological polar surface area (TPSA) is 79.7 Å². The lowest BCUT2D eigenvalue weighted by Crippen LogP contribution is -2.07. The van der Waals surface area contributed by atoms with Gasteiger partial charge in [-0.3, -0.25) is 0 Å². The van der Waals surface area contributed by atoms with Crippen LogP contribution in [0.5, 0.6) is 5.75 Å². The van der Waals surface area contributed by atoms with Gasteiger partial charge in [-0.15, -0.1) is 0 Å². The summed E-state index contributed by atoms with van der Waals surface area (Å²) in [4.78, 5) is 4.54. The zero-order chi connectivity index (χ0) is 15.5. The lowest BCUT2D eigenvalue weighted by atomic mass is 10.2. The van der Waals surface area contributed by atoms with Crippen LogP contribution in [-0.4, -0.2) is 30.8 Å². The van der Waals surface area contributed by atoms with Crippen LogP contribution in [0.4, 0.5) is 0 Å². The van der Waals surface area contributed by atoms with Crippen LogP contribution in [0.25, 0.3) is 11.1 Å². The SMILES string of the molecule is CC(C)Oc1cc(C2OCCO2)cc2nc(CCCN)oc12. The molecule has 22 heavy (non-hydrogen) atoms. The predicted molar refractivity (Wildman–Crippen MR) is 81.8 cm³/mol. The summed E-state index contributed by atoms with van der Waals surface area (Å²) in [5, 5.41) is 0. The number of nitrogens with two attached hydrogens (primary N) is 1. The molecule has 1 saturated heterocycles. The molecule has 0 saturated carbocycles. The number of rotatable bonds is 6. The van der Waals surface area contributed by atoms with E-state index in [-0.39, 0.29) is 12.4 Å². The van der Waals surface area contributed by atoms with Gasteiger partial charge in [-0.05, 0) is 38.9 Å². The molecule has 6 heteroatoms. The second-order valence-electron chi connectivity index (χ2n) is 5.61. The Bertz CT molecular complexity index is 632. The minimum absolute atomic E-state index is 0.0430.